The zero-order valence-corrected chi connectivity index (χ0v) is 17.9. The zero-order valence-electron chi connectivity index (χ0n) is 17.9. The van der Waals surface area contributed by atoms with Gasteiger partial charge in [-0.25, -0.2) is 0 Å². The molecular weight excluding hydrogens is 398 g/mol. The van der Waals surface area contributed by atoms with Crippen molar-refractivity contribution < 1.29 is 19.2 Å². The van der Waals surface area contributed by atoms with Crippen molar-refractivity contribution in [1.82, 2.24) is 4.90 Å². The molecule has 2 aromatic carbocycles. The molecule has 0 radical (unpaired) electrons. The molecule has 2 heterocycles. The van der Waals surface area contributed by atoms with Crippen molar-refractivity contribution >= 4 is 17.3 Å². The second kappa shape index (κ2) is 8.83. The lowest BCUT2D eigenvalue weighted by Gasteiger charge is -2.32. The molecule has 1 unspecified atom stereocenters. The van der Waals surface area contributed by atoms with E-state index in [1.807, 2.05) is 25.1 Å². The van der Waals surface area contributed by atoms with E-state index in [0.29, 0.717) is 41.8 Å². The Kier molecular flexibility index (Phi) is 5.97. The molecule has 1 atom stereocenters. The van der Waals surface area contributed by atoms with E-state index in [2.05, 4.69) is 11.8 Å². The van der Waals surface area contributed by atoms with Gasteiger partial charge < -0.3 is 19.3 Å². The Balaban J connectivity index is 1.56. The Labute approximate surface area is 181 Å². The Morgan fingerprint density at radius 3 is 2.77 bits per heavy atom. The van der Waals surface area contributed by atoms with Gasteiger partial charge in [-0.05, 0) is 55.5 Å². The topological polar surface area (TPSA) is 85.2 Å². The highest BCUT2D eigenvalue weighted by molar-refractivity contribution is 5.95. The minimum atomic E-state index is -0.389. The van der Waals surface area contributed by atoms with Crippen LogP contribution in [0.1, 0.15) is 42.6 Å². The van der Waals surface area contributed by atoms with Gasteiger partial charge in [0, 0.05) is 37.8 Å². The summed E-state index contributed by atoms with van der Waals surface area (Å²) in [6.07, 6.45) is 2.14. The average Bonchev–Trinajstić information content (AvgIpc) is 3.24. The van der Waals surface area contributed by atoms with Crippen LogP contribution in [-0.4, -0.2) is 42.2 Å². The van der Waals surface area contributed by atoms with Gasteiger partial charge >= 0.3 is 0 Å². The quantitative estimate of drug-likeness (QED) is 0.509. The molecule has 2 aromatic rings. The Morgan fingerprint density at radius 2 is 2.03 bits per heavy atom. The van der Waals surface area contributed by atoms with Crippen molar-refractivity contribution in [2.75, 3.05) is 31.3 Å². The fourth-order valence-corrected chi connectivity index (χ4v) is 4.25. The molecule has 1 saturated heterocycles. The molecular formula is C23H27N3O5. The predicted octanol–water partition coefficient (Wildman–Crippen LogP) is 4.22. The smallest absolute Gasteiger partial charge is 0.293 e. The fourth-order valence-electron chi connectivity index (χ4n) is 4.25. The largest absolute Gasteiger partial charge is 0.454 e. The van der Waals surface area contributed by atoms with Gasteiger partial charge in [0.1, 0.15) is 5.69 Å². The third kappa shape index (κ3) is 4.42. The summed E-state index contributed by atoms with van der Waals surface area (Å²) in [5.74, 6) is 1.61. The number of ether oxygens (including phenoxy) is 2. The summed E-state index contributed by atoms with van der Waals surface area (Å²) < 4.78 is 10.7. The van der Waals surface area contributed by atoms with Gasteiger partial charge in [0.2, 0.25) is 6.79 Å². The Bertz CT molecular complexity index is 993. The number of carbonyl (C=O) groups excluding carboxylic acids is 1. The van der Waals surface area contributed by atoms with E-state index in [1.54, 1.807) is 17.0 Å². The zero-order chi connectivity index (χ0) is 22.0. The number of amides is 1. The molecule has 2 aliphatic heterocycles. The van der Waals surface area contributed by atoms with Crippen molar-refractivity contribution in [3.8, 4) is 11.5 Å². The molecule has 2 aliphatic rings. The first-order valence-electron chi connectivity index (χ1n) is 10.7. The molecule has 0 aromatic heterocycles. The molecule has 1 amide bonds. The number of hydrogen-bond acceptors (Lipinski definition) is 6. The van der Waals surface area contributed by atoms with Gasteiger partial charge in [-0.3, -0.25) is 14.9 Å². The monoisotopic (exact) mass is 425 g/mol. The summed E-state index contributed by atoms with van der Waals surface area (Å²) in [7, 11) is 0. The van der Waals surface area contributed by atoms with Crippen molar-refractivity contribution in [2.24, 2.45) is 5.92 Å². The van der Waals surface area contributed by atoms with E-state index >= 15 is 0 Å². The van der Waals surface area contributed by atoms with Crippen LogP contribution in [-0.2, 0) is 6.54 Å². The van der Waals surface area contributed by atoms with E-state index in [0.717, 1.165) is 31.5 Å². The number of benzene rings is 2. The molecule has 0 saturated carbocycles. The standard InChI is InChI=1S/C23H27N3O5/c1-3-24(14-17-6-9-21-22(11-17)31-15-30-21)23(27)18-7-8-19(20(12-18)26(28)29)25-10-4-5-16(2)13-25/h6-9,11-12,16H,3-5,10,13-15H2,1-2H3. The maximum atomic E-state index is 13.2. The van der Waals surface area contributed by atoms with Crippen molar-refractivity contribution in [1.29, 1.82) is 0 Å². The summed E-state index contributed by atoms with van der Waals surface area (Å²) in [4.78, 5) is 28.3. The number of nitro groups is 1. The Hall–Kier alpha value is -3.29. The summed E-state index contributed by atoms with van der Waals surface area (Å²) in [5, 5.41) is 11.8. The number of anilines is 1. The Morgan fingerprint density at radius 1 is 1.23 bits per heavy atom. The number of rotatable bonds is 6. The minimum Gasteiger partial charge on any atom is -0.454 e. The van der Waals surface area contributed by atoms with Crippen LogP contribution in [0.15, 0.2) is 36.4 Å². The molecule has 31 heavy (non-hydrogen) atoms. The van der Waals surface area contributed by atoms with Crippen LogP contribution in [0, 0.1) is 16.0 Å². The van der Waals surface area contributed by atoms with Crippen LogP contribution >= 0.6 is 0 Å². The predicted molar refractivity (Wildman–Crippen MR) is 117 cm³/mol. The van der Waals surface area contributed by atoms with Crippen LogP contribution in [0.3, 0.4) is 0 Å². The highest BCUT2D eigenvalue weighted by Gasteiger charge is 2.26. The second-order valence-electron chi connectivity index (χ2n) is 8.16. The first-order valence-corrected chi connectivity index (χ1v) is 10.7. The number of nitrogens with zero attached hydrogens (tertiary/aromatic N) is 3. The van der Waals surface area contributed by atoms with Crippen LogP contribution in [0.5, 0.6) is 11.5 Å². The lowest BCUT2D eigenvalue weighted by Crippen LogP contribution is -2.35. The number of carbonyl (C=O) groups is 1. The molecule has 164 valence electrons. The van der Waals surface area contributed by atoms with Crippen molar-refractivity contribution in [3.63, 3.8) is 0 Å². The minimum absolute atomic E-state index is 0.0147. The molecule has 0 N–H and O–H groups in total. The molecule has 8 heteroatoms. The average molecular weight is 425 g/mol. The first kappa shape index (κ1) is 21.0. The van der Waals surface area contributed by atoms with Gasteiger partial charge in [-0.1, -0.05) is 13.0 Å². The number of nitro benzene ring substituents is 1. The summed E-state index contributed by atoms with van der Waals surface area (Å²) in [6.45, 7) is 6.69. The number of piperidine rings is 1. The summed E-state index contributed by atoms with van der Waals surface area (Å²) in [5.41, 5.74) is 1.81. The van der Waals surface area contributed by atoms with E-state index in [-0.39, 0.29) is 23.3 Å². The fraction of sp³-hybridized carbons (Fsp3) is 0.435. The number of hydrogen-bond donors (Lipinski definition) is 0. The van der Waals surface area contributed by atoms with Crippen molar-refractivity contribution in [2.45, 2.75) is 33.2 Å². The van der Waals surface area contributed by atoms with E-state index in [4.69, 9.17) is 9.47 Å². The van der Waals surface area contributed by atoms with Crippen LogP contribution in [0.25, 0.3) is 0 Å². The maximum Gasteiger partial charge on any atom is 0.293 e. The van der Waals surface area contributed by atoms with E-state index < -0.39 is 0 Å². The van der Waals surface area contributed by atoms with Gasteiger partial charge in [0.25, 0.3) is 11.6 Å². The highest BCUT2D eigenvalue weighted by atomic mass is 16.7. The van der Waals surface area contributed by atoms with Gasteiger partial charge in [0.05, 0.1) is 4.92 Å². The normalized spacial score (nSPS) is 17.5. The number of fused-ring (bicyclic) bond motifs is 1. The van der Waals surface area contributed by atoms with Crippen LogP contribution in [0.2, 0.25) is 0 Å². The first-order chi connectivity index (χ1) is 15.0. The van der Waals surface area contributed by atoms with Gasteiger partial charge in [-0.2, -0.15) is 0 Å². The van der Waals surface area contributed by atoms with Gasteiger partial charge in [0.15, 0.2) is 11.5 Å². The van der Waals surface area contributed by atoms with Crippen molar-refractivity contribution in [3.05, 3.63) is 57.6 Å². The molecule has 1 fully saturated rings. The lowest BCUT2D eigenvalue weighted by molar-refractivity contribution is -0.384. The third-order valence-corrected chi connectivity index (χ3v) is 5.90. The second-order valence-corrected chi connectivity index (χ2v) is 8.16. The van der Waals surface area contributed by atoms with E-state index in [9.17, 15) is 14.9 Å². The third-order valence-electron chi connectivity index (χ3n) is 5.90. The molecule has 0 aliphatic carbocycles. The SMILES string of the molecule is CCN(Cc1ccc2c(c1)OCO2)C(=O)c1ccc(N2CCCC(C)C2)c([N+](=O)[O-])c1. The molecule has 0 bridgehead atoms. The molecule has 0 spiro atoms. The molecule has 4 rings (SSSR count). The van der Waals surface area contributed by atoms with Gasteiger partial charge in [-0.15, -0.1) is 0 Å². The van der Waals surface area contributed by atoms with E-state index in [1.165, 1.54) is 6.07 Å². The highest BCUT2D eigenvalue weighted by Crippen LogP contribution is 2.34. The summed E-state index contributed by atoms with van der Waals surface area (Å²) in [6, 6.07) is 10.4. The lowest BCUT2D eigenvalue weighted by atomic mass is 9.99. The van der Waals surface area contributed by atoms with Crippen LogP contribution in [0.4, 0.5) is 11.4 Å². The van der Waals surface area contributed by atoms with Crippen LogP contribution < -0.4 is 14.4 Å². The molecule has 8 nitrogen and oxygen atoms in total. The maximum absolute atomic E-state index is 13.2. The summed E-state index contributed by atoms with van der Waals surface area (Å²) >= 11 is 0.